The molecule has 0 bridgehead atoms. The molecule has 1 heterocycles. The molecule has 1 aromatic heterocycles. The van der Waals surface area contributed by atoms with Crippen molar-refractivity contribution in [3.63, 3.8) is 0 Å². The molecule has 6 heteroatoms. The van der Waals surface area contributed by atoms with Crippen LogP contribution in [0.3, 0.4) is 0 Å². The van der Waals surface area contributed by atoms with E-state index < -0.39 is 5.72 Å². The van der Waals surface area contributed by atoms with Crippen LogP contribution in [0.2, 0.25) is 0 Å². The van der Waals surface area contributed by atoms with Gasteiger partial charge in [-0.3, -0.25) is 0 Å². The first-order valence-electron chi connectivity index (χ1n) is 8.48. The summed E-state index contributed by atoms with van der Waals surface area (Å²) < 4.78 is 5.90. The Balaban J connectivity index is 1.81. The molecule has 0 amide bonds. The van der Waals surface area contributed by atoms with Crippen LogP contribution in [0.5, 0.6) is 11.5 Å². The molecule has 6 nitrogen and oxygen atoms in total. The smallest absolute Gasteiger partial charge is 0.222 e. The molecule has 0 atom stereocenters. The summed E-state index contributed by atoms with van der Waals surface area (Å²) in [5.41, 5.74) is 5.98. The molecular weight excluding hydrogens is 304 g/mol. The van der Waals surface area contributed by atoms with Crippen molar-refractivity contribution in [2.45, 2.75) is 51.2 Å². The van der Waals surface area contributed by atoms with Crippen molar-refractivity contribution in [2.24, 2.45) is 0 Å². The lowest BCUT2D eigenvalue weighted by atomic mass is 9.92. The number of hydrogen-bond donors (Lipinski definition) is 3. The van der Waals surface area contributed by atoms with Crippen LogP contribution < -0.4 is 15.8 Å². The van der Waals surface area contributed by atoms with E-state index in [4.69, 9.17) is 10.5 Å². The number of rotatable bonds is 5. The first-order chi connectivity index (χ1) is 11.6. The summed E-state index contributed by atoms with van der Waals surface area (Å²) in [6.45, 7) is 2.11. The van der Waals surface area contributed by atoms with Crippen molar-refractivity contribution < 1.29 is 9.84 Å². The predicted molar refractivity (Wildman–Crippen MR) is 94.0 cm³/mol. The molecule has 3 rings (SSSR count). The van der Waals surface area contributed by atoms with Crippen molar-refractivity contribution in [3.05, 3.63) is 36.0 Å². The molecule has 0 unspecified atom stereocenters. The Labute approximate surface area is 142 Å². The predicted octanol–water partition coefficient (Wildman–Crippen LogP) is 3.48. The number of anilines is 2. The summed E-state index contributed by atoms with van der Waals surface area (Å²) in [5, 5.41) is 13.8. The summed E-state index contributed by atoms with van der Waals surface area (Å²) in [5.74, 6) is 1.71. The summed E-state index contributed by atoms with van der Waals surface area (Å²) in [6, 6.07) is 7.87. The normalized spacial score (nSPS) is 16.6. The van der Waals surface area contributed by atoms with E-state index in [9.17, 15) is 5.11 Å². The third-order valence-corrected chi connectivity index (χ3v) is 4.37. The highest BCUT2D eigenvalue weighted by Crippen LogP contribution is 2.34. The van der Waals surface area contributed by atoms with E-state index >= 15 is 0 Å². The highest BCUT2D eigenvalue weighted by molar-refractivity contribution is 5.54. The van der Waals surface area contributed by atoms with E-state index in [1.807, 2.05) is 24.3 Å². The minimum absolute atomic E-state index is 0.144. The van der Waals surface area contributed by atoms with Gasteiger partial charge in [-0.2, -0.15) is 4.98 Å². The number of nitrogen functional groups attached to an aromatic ring is 1. The molecule has 0 spiro atoms. The summed E-state index contributed by atoms with van der Waals surface area (Å²) in [4.78, 5) is 8.22. The van der Waals surface area contributed by atoms with Gasteiger partial charge in [0.1, 0.15) is 11.5 Å². The number of aliphatic hydroxyl groups is 1. The Morgan fingerprint density at radius 2 is 1.92 bits per heavy atom. The monoisotopic (exact) mass is 328 g/mol. The maximum absolute atomic E-state index is 10.7. The van der Waals surface area contributed by atoms with Gasteiger partial charge in [0, 0.05) is 0 Å². The molecular formula is C18H24N4O2. The van der Waals surface area contributed by atoms with Crippen molar-refractivity contribution in [3.8, 4) is 11.5 Å². The average molecular weight is 328 g/mol. The third-order valence-electron chi connectivity index (χ3n) is 4.37. The Morgan fingerprint density at radius 1 is 1.21 bits per heavy atom. The lowest BCUT2D eigenvalue weighted by Crippen LogP contribution is -2.40. The molecule has 0 radical (unpaired) electrons. The number of aryl methyl sites for hydroxylation is 1. The minimum Gasteiger partial charge on any atom is -0.452 e. The molecule has 0 aliphatic heterocycles. The van der Waals surface area contributed by atoms with Crippen LogP contribution in [0.15, 0.2) is 30.5 Å². The van der Waals surface area contributed by atoms with Gasteiger partial charge in [0.2, 0.25) is 5.95 Å². The zero-order valence-corrected chi connectivity index (χ0v) is 14.0. The summed E-state index contributed by atoms with van der Waals surface area (Å²) >= 11 is 0. The average Bonchev–Trinajstić information content (AvgIpc) is 2.58. The van der Waals surface area contributed by atoms with E-state index in [0.717, 1.165) is 25.7 Å². The summed E-state index contributed by atoms with van der Waals surface area (Å²) in [7, 11) is 0. The lowest BCUT2D eigenvalue weighted by Gasteiger charge is -2.33. The topological polar surface area (TPSA) is 93.3 Å². The molecule has 1 aliphatic carbocycles. The van der Waals surface area contributed by atoms with E-state index in [2.05, 4.69) is 22.2 Å². The lowest BCUT2D eigenvalue weighted by molar-refractivity contribution is 0.0311. The van der Waals surface area contributed by atoms with Crippen LogP contribution in [0.25, 0.3) is 0 Å². The third kappa shape index (κ3) is 3.94. The number of ether oxygens (including phenoxy) is 1. The fourth-order valence-corrected chi connectivity index (χ4v) is 2.95. The zero-order chi connectivity index (χ0) is 17.0. The van der Waals surface area contributed by atoms with Gasteiger partial charge >= 0.3 is 0 Å². The van der Waals surface area contributed by atoms with Crippen molar-refractivity contribution >= 4 is 11.8 Å². The molecule has 24 heavy (non-hydrogen) atoms. The number of aromatic nitrogens is 2. The van der Waals surface area contributed by atoms with Gasteiger partial charge < -0.3 is 20.9 Å². The Morgan fingerprint density at radius 3 is 2.58 bits per heavy atom. The number of nitrogens with two attached hydrogens (primary N) is 1. The molecule has 1 saturated carbocycles. The van der Waals surface area contributed by atoms with Gasteiger partial charge in [0.05, 0.1) is 6.20 Å². The highest BCUT2D eigenvalue weighted by atomic mass is 16.5. The van der Waals surface area contributed by atoms with E-state index in [-0.39, 0.29) is 5.95 Å². The zero-order valence-electron chi connectivity index (χ0n) is 14.0. The van der Waals surface area contributed by atoms with Gasteiger partial charge in [0.15, 0.2) is 11.6 Å². The van der Waals surface area contributed by atoms with Gasteiger partial charge in [0.25, 0.3) is 0 Å². The van der Waals surface area contributed by atoms with Crippen LogP contribution in [0, 0.1) is 0 Å². The van der Waals surface area contributed by atoms with Crippen molar-refractivity contribution in [2.75, 3.05) is 11.1 Å². The second-order valence-electron chi connectivity index (χ2n) is 6.26. The van der Waals surface area contributed by atoms with Crippen molar-refractivity contribution in [1.82, 2.24) is 9.97 Å². The minimum atomic E-state index is -0.969. The Bertz CT molecular complexity index is 682. The number of nitrogens with one attached hydrogen (secondary N) is 1. The molecule has 0 saturated heterocycles. The first-order valence-corrected chi connectivity index (χ1v) is 8.48. The quantitative estimate of drug-likeness (QED) is 0.728. The fourth-order valence-electron chi connectivity index (χ4n) is 2.95. The summed E-state index contributed by atoms with van der Waals surface area (Å²) in [6.07, 6.45) is 6.99. The Kier molecular flexibility index (Phi) is 4.85. The van der Waals surface area contributed by atoms with E-state index in [1.54, 1.807) is 0 Å². The second kappa shape index (κ2) is 7.05. The molecule has 128 valence electrons. The maximum atomic E-state index is 10.7. The van der Waals surface area contributed by atoms with Crippen molar-refractivity contribution in [1.29, 1.82) is 0 Å². The largest absolute Gasteiger partial charge is 0.452 e. The van der Waals surface area contributed by atoms with Gasteiger partial charge in [-0.1, -0.05) is 25.5 Å². The van der Waals surface area contributed by atoms with Crippen LogP contribution in [0.1, 0.15) is 44.6 Å². The van der Waals surface area contributed by atoms with Crippen LogP contribution in [0.4, 0.5) is 11.8 Å². The Hall–Kier alpha value is -2.34. The fraction of sp³-hybridized carbons (Fsp3) is 0.444. The van der Waals surface area contributed by atoms with Gasteiger partial charge in [-0.15, -0.1) is 0 Å². The molecule has 1 aliphatic rings. The van der Waals surface area contributed by atoms with E-state index in [0.29, 0.717) is 30.2 Å². The maximum Gasteiger partial charge on any atom is 0.222 e. The number of nitrogens with zero attached hydrogens (tertiary/aromatic N) is 2. The van der Waals surface area contributed by atoms with Crippen LogP contribution in [-0.4, -0.2) is 20.8 Å². The van der Waals surface area contributed by atoms with Gasteiger partial charge in [-0.25, -0.2) is 4.98 Å². The molecule has 4 N–H and O–H groups in total. The van der Waals surface area contributed by atoms with E-state index in [1.165, 1.54) is 11.8 Å². The number of hydrogen-bond acceptors (Lipinski definition) is 6. The van der Waals surface area contributed by atoms with Crippen LogP contribution in [-0.2, 0) is 6.42 Å². The molecule has 1 aromatic carbocycles. The highest BCUT2D eigenvalue weighted by Gasteiger charge is 2.30. The second-order valence-corrected chi connectivity index (χ2v) is 6.26. The molecule has 2 aromatic rings. The first kappa shape index (κ1) is 16.5. The number of benzene rings is 1. The SMILES string of the molecule is CCc1ccc(Oc2cnc(N)nc2NC2(O)CCCCC2)cc1. The standard InChI is InChI=1S/C18H24N4O2/c1-2-13-6-8-14(9-7-13)24-15-12-20-17(19)21-16(15)22-18(23)10-4-3-5-11-18/h6-9,12,23H,2-5,10-11H2,1H3,(H3,19,20,21,22). The molecule has 1 fully saturated rings. The van der Waals surface area contributed by atoms with Crippen LogP contribution >= 0.6 is 0 Å². The van der Waals surface area contributed by atoms with Gasteiger partial charge in [-0.05, 0) is 49.8 Å².